The van der Waals surface area contributed by atoms with Crippen molar-refractivity contribution in [1.29, 1.82) is 0 Å². The number of Topliss-reactive ketones (excluding diaryl/α,β-unsaturated/α-hetero) is 1. The Labute approximate surface area is 76.5 Å². The molecule has 1 aliphatic rings. The van der Waals surface area contributed by atoms with E-state index in [1.165, 1.54) is 0 Å². The molecule has 0 radical (unpaired) electrons. The molecule has 0 heterocycles. The SMILES string of the molecule is COc1ccc2c(c1)C[C@H](N)C2=O. The van der Waals surface area contributed by atoms with Crippen molar-refractivity contribution in [2.45, 2.75) is 12.5 Å². The van der Waals surface area contributed by atoms with Crippen LogP contribution in [0.1, 0.15) is 15.9 Å². The Morgan fingerprint density at radius 3 is 3.00 bits per heavy atom. The van der Waals surface area contributed by atoms with Crippen molar-refractivity contribution in [2.75, 3.05) is 7.11 Å². The van der Waals surface area contributed by atoms with Crippen molar-refractivity contribution in [3.63, 3.8) is 0 Å². The minimum atomic E-state index is -0.359. The van der Waals surface area contributed by atoms with E-state index in [-0.39, 0.29) is 11.8 Å². The number of carbonyl (C=O) groups excluding carboxylic acids is 1. The third-order valence-corrected chi connectivity index (χ3v) is 2.35. The van der Waals surface area contributed by atoms with Gasteiger partial charge >= 0.3 is 0 Å². The predicted octanol–water partition coefficient (Wildman–Crippen LogP) is 0.761. The number of benzene rings is 1. The highest BCUT2D eigenvalue weighted by molar-refractivity contribution is 6.04. The van der Waals surface area contributed by atoms with Crippen LogP contribution >= 0.6 is 0 Å². The second kappa shape index (κ2) is 2.85. The molecule has 0 aromatic heterocycles. The third-order valence-electron chi connectivity index (χ3n) is 2.35. The van der Waals surface area contributed by atoms with Gasteiger partial charge in [-0.3, -0.25) is 4.79 Å². The van der Waals surface area contributed by atoms with Crippen molar-refractivity contribution in [2.24, 2.45) is 5.73 Å². The number of nitrogens with two attached hydrogens (primary N) is 1. The second-order valence-electron chi connectivity index (χ2n) is 3.20. The second-order valence-corrected chi connectivity index (χ2v) is 3.20. The maximum atomic E-state index is 11.4. The molecule has 0 amide bonds. The molecule has 2 N–H and O–H groups in total. The normalized spacial score (nSPS) is 20.2. The van der Waals surface area contributed by atoms with Gasteiger partial charge in [-0.1, -0.05) is 0 Å². The summed E-state index contributed by atoms with van der Waals surface area (Å²) in [5, 5.41) is 0. The molecular weight excluding hydrogens is 166 g/mol. The molecule has 0 bridgehead atoms. The van der Waals surface area contributed by atoms with Crippen molar-refractivity contribution < 1.29 is 9.53 Å². The van der Waals surface area contributed by atoms with Gasteiger partial charge in [0.15, 0.2) is 5.78 Å². The van der Waals surface area contributed by atoms with Gasteiger partial charge in [0, 0.05) is 5.56 Å². The van der Waals surface area contributed by atoms with Crippen LogP contribution in [0.5, 0.6) is 5.75 Å². The zero-order valence-corrected chi connectivity index (χ0v) is 7.41. The first-order valence-electron chi connectivity index (χ1n) is 4.19. The number of carbonyl (C=O) groups is 1. The Morgan fingerprint density at radius 2 is 2.31 bits per heavy atom. The number of hydrogen-bond acceptors (Lipinski definition) is 3. The van der Waals surface area contributed by atoms with E-state index < -0.39 is 0 Å². The van der Waals surface area contributed by atoms with E-state index in [9.17, 15) is 4.79 Å². The fourth-order valence-corrected chi connectivity index (χ4v) is 1.64. The van der Waals surface area contributed by atoms with Crippen LogP contribution in [0.4, 0.5) is 0 Å². The quantitative estimate of drug-likeness (QED) is 0.689. The fraction of sp³-hybridized carbons (Fsp3) is 0.300. The first-order chi connectivity index (χ1) is 6.22. The Morgan fingerprint density at radius 1 is 1.54 bits per heavy atom. The molecule has 0 unspecified atom stereocenters. The Balaban J connectivity index is 2.46. The standard InChI is InChI=1S/C10H11NO2/c1-13-7-2-3-8-6(4-7)5-9(11)10(8)12/h2-4,9H,5,11H2,1H3/t9-/m0/s1. The van der Waals surface area contributed by atoms with E-state index in [2.05, 4.69) is 0 Å². The molecule has 0 aliphatic heterocycles. The first-order valence-corrected chi connectivity index (χ1v) is 4.19. The fourth-order valence-electron chi connectivity index (χ4n) is 1.64. The van der Waals surface area contributed by atoms with Crippen LogP contribution in [-0.2, 0) is 6.42 Å². The zero-order chi connectivity index (χ0) is 9.42. The van der Waals surface area contributed by atoms with Crippen molar-refractivity contribution in [3.8, 4) is 5.75 Å². The predicted molar refractivity (Wildman–Crippen MR) is 49.0 cm³/mol. The summed E-state index contributed by atoms with van der Waals surface area (Å²) in [6.07, 6.45) is 0.630. The van der Waals surface area contributed by atoms with E-state index in [0.717, 1.165) is 16.9 Å². The Hall–Kier alpha value is -1.35. The lowest BCUT2D eigenvalue weighted by Crippen LogP contribution is -2.26. The summed E-state index contributed by atoms with van der Waals surface area (Å²) in [4.78, 5) is 11.4. The van der Waals surface area contributed by atoms with Gasteiger partial charge in [-0.2, -0.15) is 0 Å². The van der Waals surface area contributed by atoms with Gasteiger partial charge < -0.3 is 10.5 Å². The van der Waals surface area contributed by atoms with Gasteiger partial charge in [0.05, 0.1) is 13.2 Å². The number of ether oxygens (including phenoxy) is 1. The lowest BCUT2D eigenvalue weighted by Gasteiger charge is -2.01. The van der Waals surface area contributed by atoms with Crippen LogP contribution in [0, 0.1) is 0 Å². The monoisotopic (exact) mass is 177 g/mol. The molecule has 1 aromatic rings. The van der Waals surface area contributed by atoms with E-state index in [1.54, 1.807) is 19.2 Å². The molecule has 3 heteroatoms. The van der Waals surface area contributed by atoms with Gasteiger partial charge in [-0.15, -0.1) is 0 Å². The summed E-state index contributed by atoms with van der Waals surface area (Å²) in [6, 6.07) is 5.08. The first kappa shape index (κ1) is 8.26. The van der Waals surface area contributed by atoms with Gasteiger partial charge in [0.2, 0.25) is 0 Å². The smallest absolute Gasteiger partial charge is 0.180 e. The zero-order valence-electron chi connectivity index (χ0n) is 7.41. The van der Waals surface area contributed by atoms with E-state index in [0.29, 0.717) is 6.42 Å². The van der Waals surface area contributed by atoms with Gasteiger partial charge in [-0.25, -0.2) is 0 Å². The Kier molecular flexibility index (Phi) is 1.81. The summed E-state index contributed by atoms with van der Waals surface area (Å²) in [7, 11) is 1.61. The number of methoxy groups -OCH3 is 1. The third kappa shape index (κ3) is 1.21. The van der Waals surface area contributed by atoms with Crippen LogP contribution in [0.3, 0.4) is 0 Å². The molecule has 0 spiro atoms. The molecule has 68 valence electrons. The molecule has 1 aromatic carbocycles. The molecule has 0 fully saturated rings. The van der Waals surface area contributed by atoms with Crippen LogP contribution in [0.15, 0.2) is 18.2 Å². The highest BCUT2D eigenvalue weighted by Gasteiger charge is 2.27. The van der Waals surface area contributed by atoms with E-state index in [1.807, 2.05) is 6.07 Å². The molecule has 1 aliphatic carbocycles. The minimum absolute atomic E-state index is 0.0395. The van der Waals surface area contributed by atoms with Crippen LogP contribution in [-0.4, -0.2) is 18.9 Å². The van der Waals surface area contributed by atoms with Crippen LogP contribution in [0.25, 0.3) is 0 Å². The van der Waals surface area contributed by atoms with Gasteiger partial charge in [0.1, 0.15) is 5.75 Å². The summed E-state index contributed by atoms with van der Waals surface area (Å²) >= 11 is 0. The minimum Gasteiger partial charge on any atom is -0.497 e. The molecule has 2 rings (SSSR count). The molecule has 0 saturated carbocycles. The van der Waals surface area contributed by atoms with Crippen molar-refractivity contribution >= 4 is 5.78 Å². The molecule has 13 heavy (non-hydrogen) atoms. The van der Waals surface area contributed by atoms with E-state index >= 15 is 0 Å². The lowest BCUT2D eigenvalue weighted by atomic mass is 10.1. The number of rotatable bonds is 1. The summed E-state index contributed by atoms with van der Waals surface area (Å²) in [5.41, 5.74) is 7.37. The topological polar surface area (TPSA) is 52.3 Å². The molecule has 0 saturated heterocycles. The summed E-state index contributed by atoms with van der Waals surface area (Å²) in [6.45, 7) is 0. The van der Waals surface area contributed by atoms with Crippen LogP contribution < -0.4 is 10.5 Å². The number of fused-ring (bicyclic) bond motifs is 1. The van der Waals surface area contributed by atoms with Crippen molar-refractivity contribution in [1.82, 2.24) is 0 Å². The summed E-state index contributed by atoms with van der Waals surface area (Å²) in [5.74, 6) is 0.818. The number of ketones is 1. The van der Waals surface area contributed by atoms with E-state index in [4.69, 9.17) is 10.5 Å². The van der Waals surface area contributed by atoms with Crippen LogP contribution in [0.2, 0.25) is 0 Å². The number of hydrogen-bond donors (Lipinski definition) is 1. The highest BCUT2D eigenvalue weighted by Crippen LogP contribution is 2.25. The van der Waals surface area contributed by atoms with Gasteiger partial charge in [-0.05, 0) is 30.2 Å². The molecular formula is C10H11NO2. The highest BCUT2D eigenvalue weighted by atomic mass is 16.5. The summed E-state index contributed by atoms with van der Waals surface area (Å²) < 4.78 is 5.06. The van der Waals surface area contributed by atoms with Gasteiger partial charge in [0.25, 0.3) is 0 Å². The maximum Gasteiger partial charge on any atom is 0.180 e. The lowest BCUT2D eigenvalue weighted by molar-refractivity contribution is 0.0974. The van der Waals surface area contributed by atoms with Crippen molar-refractivity contribution in [3.05, 3.63) is 29.3 Å². The maximum absolute atomic E-state index is 11.4. The Bertz CT molecular complexity index is 360. The molecule has 3 nitrogen and oxygen atoms in total. The average molecular weight is 177 g/mol. The molecule has 1 atom stereocenters. The average Bonchev–Trinajstić information content (AvgIpc) is 2.42. The largest absolute Gasteiger partial charge is 0.497 e.